The fourth-order valence-electron chi connectivity index (χ4n) is 2.57. The van der Waals surface area contributed by atoms with Crippen molar-refractivity contribution in [3.05, 3.63) is 70.9 Å². The summed E-state index contributed by atoms with van der Waals surface area (Å²) in [4.78, 5) is 57.2. The number of hydrogen-bond acceptors (Lipinski definition) is 10. The van der Waals surface area contributed by atoms with E-state index in [9.17, 15) is 19.2 Å². The lowest BCUT2D eigenvalue weighted by Crippen LogP contribution is -2.19. The van der Waals surface area contributed by atoms with Gasteiger partial charge in [0.1, 0.15) is 5.02 Å². The van der Waals surface area contributed by atoms with Crippen LogP contribution >= 0.6 is 11.6 Å². The van der Waals surface area contributed by atoms with Crippen LogP contribution in [0, 0.1) is 11.8 Å². The Labute approximate surface area is 217 Å². The second kappa shape index (κ2) is 12.1. The number of esters is 4. The quantitative estimate of drug-likeness (QED) is 0.381. The highest BCUT2D eigenvalue weighted by molar-refractivity contribution is 6.32. The molecule has 0 aliphatic heterocycles. The standard InChI is InChI=1S/C26H23ClN2O8/c1-14(2)23(30)36-21-10-17(11-22(29-21)37-24(31)15(3)4)26(33)34-19-12-20(28-13-18(19)27)35-25(32)16-8-6-5-7-9-16/h5-15H,1-4H3. The van der Waals surface area contributed by atoms with Gasteiger partial charge in [0.25, 0.3) is 0 Å². The Morgan fingerprint density at radius 3 is 1.78 bits per heavy atom. The molecule has 0 saturated heterocycles. The van der Waals surface area contributed by atoms with E-state index in [1.54, 1.807) is 58.0 Å². The molecule has 2 heterocycles. The summed E-state index contributed by atoms with van der Waals surface area (Å²) in [5, 5.41) is -0.0418. The van der Waals surface area contributed by atoms with E-state index >= 15 is 0 Å². The number of ether oxygens (including phenoxy) is 4. The molecule has 0 unspecified atom stereocenters. The topological polar surface area (TPSA) is 131 Å². The second-order valence-electron chi connectivity index (χ2n) is 8.28. The number of aromatic nitrogens is 2. The maximum absolute atomic E-state index is 12.9. The molecule has 10 nitrogen and oxygen atoms in total. The van der Waals surface area contributed by atoms with Crippen molar-refractivity contribution in [2.45, 2.75) is 27.7 Å². The van der Waals surface area contributed by atoms with Crippen molar-refractivity contribution in [2.24, 2.45) is 11.8 Å². The van der Waals surface area contributed by atoms with Crippen molar-refractivity contribution in [1.82, 2.24) is 9.97 Å². The largest absolute Gasteiger partial charge is 0.421 e. The van der Waals surface area contributed by atoms with Gasteiger partial charge in [-0.25, -0.2) is 14.6 Å². The first-order valence-corrected chi connectivity index (χ1v) is 11.5. The van der Waals surface area contributed by atoms with E-state index in [1.807, 2.05) is 0 Å². The summed E-state index contributed by atoms with van der Waals surface area (Å²) < 4.78 is 21.0. The Hall–Kier alpha value is -4.31. The number of benzene rings is 1. The van der Waals surface area contributed by atoms with Crippen LogP contribution in [0.3, 0.4) is 0 Å². The number of carbonyl (C=O) groups is 4. The van der Waals surface area contributed by atoms with E-state index in [2.05, 4.69) is 9.97 Å². The molecule has 0 bridgehead atoms. The molecule has 192 valence electrons. The van der Waals surface area contributed by atoms with Gasteiger partial charge in [-0.3, -0.25) is 9.59 Å². The number of halogens is 1. The smallest absolute Gasteiger partial charge is 0.344 e. The third kappa shape index (κ3) is 7.58. The lowest BCUT2D eigenvalue weighted by Gasteiger charge is -2.12. The Morgan fingerprint density at radius 2 is 1.24 bits per heavy atom. The molecule has 0 aliphatic rings. The van der Waals surface area contributed by atoms with Gasteiger partial charge in [0, 0.05) is 18.2 Å². The van der Waals surface area contributed by atoms with E-state index in [1.165, 1.54) is 6.07 Å². The molecule has 0 saturated carbocycles. The maximum atomic E-state index is 12.9. The summed E-state index contributed by atoms with van der Waals surface area (Å²) in [7, 11) is 0. The summed E-state index contributed by atoms with van der Waals surface area (Å²) >= 11 is 6.12. The molecule has 37 heavy (non-hydrogen) atoms. The average Bonchev–Trinajstić information content (AvgIpc) is 2.86. The van der Waals surface area contributed by atoms with Crippen LogP contribution in [-0.4, -0.2) is 33.8 Å². The van der Waals surface area contributed by atoms with E-state index in [4.69, 9.17) is 30.5 Å². The number of rotatable bonds is 8. The monoisotopic (exact) mass is 526 g/mol. The summed E-state index contributed by atoms with van der Waals surface area (Å²) in [6.07, 6.45) is 1.15. The van der Waals surface area contributed by atoms with Gasteiger partial charge in [-0.1, -0.05) is 57.5 Å². The van der Waals surface area contributed by atoms with Crippen molar-refractivity contribution in [1.29, 1.82) is 0 Å². The van der Waals surface area contributed by atoms with Crippen molar-refractivity contribution >= 4 is 35.5 Å². The number of hydrogen-bond donors (Lipinski definition) is 0. The molecule has 11 heteroatoms. The fraction of sp³-hybridized carbons (Fsp3) is 0.231. The van der Waals surface area contributed by atoms with Gasteiger partial charge in [0.2, 0.25) is 17.6 Å². The van der Waals surface area contributed by atoms with Gasteiger partial charge in [-0.15, -0.1) is 0 Å². The minimum Gasteiger partial charge on any atom is -0.421 e. The Bertz CT molecular complexity index is 1290. The van der Waals surface area contributed by atoms with E-state index < -0.39 is 35.7 Å². The van der Waals surface area contributed by atoms with Gasteiger partial charge >= 0.3 is 23.9 Å². The summed E-state index contributed by atoms with van der Waals surface area (Å²) in [6.45, 7) is 6.48. The zero-order valence-corrected chi connectivity index (χ0v) is 21.1. The molecule has 1 aromatic carbocycles. The first-order chi connectivity index (χ1) is 17.5. The third-order valence-corrected chi connectivity index (χ3v) is 4.86. The summed E-state index contributed by atoms with van der Waals surface area (Å²) in [5.41, 5.74) is 0.144. The number of carbonyl (C=O) groups excluding carboxylic acids is 4. The van der Waals surface area contributed by atoms with Crippen LogP contribution in [0.2, 0.25) is 5.02 Å². The van der Waals surface area contributed by atoms with Crippen LogP contribution in [0.15, 0.2) is 54.7 Å². The maximum Gasteiger partial charge on any atom is 0.344 e. The summed E-state index contributed by atoms with van der Waals surface area (Å²) in [6, 6.07) is 11.7. The SMILES string of the molecule is CC(C)C(=O)Oc1cc(C(=O)Oc2cc(OC(=O)c3ccccc3)ncc2Cl)cc(OC(=O)C(C)C)n1. The van der Waals surface area contributed by atoms with Crippen LogP contribution in [-0.2, 0) is 9.59 Å². The van der Waals surface area contributed by atoms with Crippen molar-refractivity contribution in [3.8, 4) is 23.4 Å². The molecular formula is C26H23ClN2O8. The average molecular weight is 527 g/mol. The molecular weight excluding hydrogens is 504 g/mol. The highest BCUT2D eigenvalue weighted by Gasteiger charge is 2.21. The minimum absolute atomic E-state index is 0.0418. The van der Waals surface area contributed by atoms with Crippen LogP contribution in [0.25, 0.3) is 0 Å². The highest BCUT2D eigenvalue weighted by atomic mass is 35.5. The predicted molar refractivity (Wildman–Crippen MR) is 131 cm³/mol. The molecule has 0 radical (unpaired) electrons. The number of pyridine rings is 2. The first-order valence-electron chi connectivity index (χ1n) is 11.1. The van der Waals surface area contributed by atoms with Crippen LogP contribution in [0.5, 0.6) is 23.4 Å². The molecule has 0 fully saturated rings. The van der Waals surface area contributed by atoms with Crippen LogP contribution in [0.1, 0.15) is 48.4 Å². The van der Waals surface area contributed by atoms with Gasteiger partial charge < -0.3 is 18.9 Å². The molecule has 0 aliphatic carbocycles. The third-order valence-electron chi connectivity index (χ3n) is 4.57. The lowest BCUT2D eigenvalue weighted by atomic mass is 10.2. The van der Waals surface area contributed by atoms with Crippen molar-refractivity contribution in [2.75, 3.05) is 0 Å². The van der Waals surface area contributed by atoms with Crippen LogP contribution in [0.4, 0.5) is 0 Å². The van der Waals surface area contributed by atoms with Crippen molar-refractivity contribution < 1.29 is 38.1 Å². The molecule has 2 aromatic heterocycles. The normalized spacial score (nSPS) is 10.7. The highest BCUT2D eigenvalue weighted by Crippen LogP contribution is 2.29. The fourth-order valence-corrected chi connectivity index (χ4v) is 2.71. The Kier molecular flexibility index (Phi) is 8.91. The molecule has 3 aromatic rings. The van der Waals surface area contributed by atoms with Gasteiger partial charge in [-0.05, 0) is 12.1 Å². The zero-order valence-electron chi connectivity index (χ0n) is 20.4. The predicted octanol–water partition coefficient (Wildman–Crippen LogP) is 4.69. The van der Waals surface area contributed by atoms with E-state index in [-0.39, 0.29) is 34.0 Å². The molecule has 3 rings (SSSR count). The van der Waals surface area contributed by atoms with Crippen molar-refractivity contribution in [3.63, 3.8) is 0 Å². The van der Waals surface area contributed by atoms with E-state index in [0.29, 0.717) is 5.56 Å². The van der Waals surface area contributed by atoms with Gasteiger partial charge in [0.05, 0.1) is 29.2 Å². The van der Waals surface area contributed by atoms with Crippen LogP contribution < -0.4 is 18.9 Å². The summed E-state index contributed by atoms with van der Waals surface area (Å²) in [5.74, 6) is -4.64. The zero-order chi connectivity index (χ0) is 27.1. The molecule has 0 atom stereocenters. The van der Waals surface area contributed by atoms with E-state index in [0.717, 1.165) is 18.3 Å². The first kappa shape index (κ1) is 27.3. The van der Waals surface area contributed by atoms with Gasteiger partial charge in [-0.2, -0.15) is 4.98 Å². The molecule has 0 spiro atoms. The minimum atomic E-state index is -0.945. The van der Waals surface area contributed by atoms with Gasteiger partial charge in [0.15, 0.2) is 5.75 Å². The number of nitrogens with zero attached hydrogens (tertiary/aromatic N) is 2. The second-order valence-corrected chi connectivity index (χ2v) is 8.69. The Balaban J connectivity index is 1.85. The molecule has 0 N–H and O–H groups in total. The molecule has 0 amide bonds. The Morgan fingerprint density at radius 1 is 0.703 bits per heavy atom. The lowest BCUT2D eigenvalue weighted by molar-refractivity contribution is -0.138.